The van der Waals surface area contributed by atoms with E-state index in [1.807, 2.05) is 80.8 Å². The van der Waals surface area contributed by atoms with E-state index in [1.54, 1.807) is 23.3 Å². The molecule has 2 aromatic heterocycles. The van der Waals surface area contributed by atoms with E-state index in [2.05, 4.69) is 15.4 Å². The number of allylic oxidation sites excluding steroid dienone is 1. The summed E-state index contributed by atoms with van der Waals surface area (Å²) >= 11 is 1.30. The lowest BCUT2D eigenvalue weighted by molar-refractivity contribution is -0.113. The van der Waals surface area contributed by atoms with E-state index in [1.165, 1.54) is 11.3 Å². The number of hydrogen-bond acceptors (Lipinski definition) is 6. The number of carbonyl (C=O) groups excluding carboxylic acids is 1. The van der Waals surface area contributed by atoms with Crippen molar-refractivity contribution in [1.29, 1.82) is 0 Å². The van der Waals surface area contributed by atoms with Crippen LogP contribution in [0.15, 0.2) is 81.9 Å². The second-order valence-corrected chi connectivity index (χ2v) is 9.53. The Morgan fingerprint density at radius 3 is 2.47 bits per heavy atom. The average Bonchev–Trinajstić information content (AvgIpc) is 3.35. The maximum absolute atomic E-state index is 13.8. The Morgan fingerprint density at radius 1 is 1.11 bits per heavy atom. The molecule has 0 saturated carbocycles. The van der Waals surface area contributed by atoms with Crippen LogP contribution in [0.25, 0.3) is 6.08 Å². The third-order valence-corrected chi connectivity index (χ3v) is 7.05. The number of thiazole rings is 1. The molecule has 0 saturated heterocycles. The lowest BCUT2D eigenvalue weighted by Gasteiger charge is -2.25. The van der Waals surface area contributed by atoms with Gasteiger partial charge in [0.1, 0.15) is 5.75 Å². The predicted molar refractivity (Wildman–Crippen MR) is 140 cm³/mol. The van der Waals surface area contributed by atoms with Crippen LogP contribution in [0.3, 0.4) is 0 Å². The van der Waals surface area contributed by atoms with Gasteiger partial charge in [0.2, 0.25) is 0 Å². The number of fused-ring (bicyclic) bond motifs is 1. The molecule has 0 aliphatic carbocycles. The van der Waals surface area contributed by atoms with Gasteiger partial charge in [0.05, 0.1) is 34.6 Å². The molecular weight excluding hydrogens is 474 g/mol. The van der Waals surface area contributed by atoms with Gasteiger partial charge in [-0.1, -0.05) is 41.7 Å². The van der Waals surface area contributed by atoms with Crippen molar-refractivity contribution >= 4 is 29.0 Å². The van der Waals surface area contributed by atoms with Gasteiger partial charge in [0.15, 0.2) is 4.80 Å². The molecule has 1 aliphatic heterocycles. The largest absolute Gasteiger partial charge is 0.497 e. The highest BCUT2D eigenvalue weighted by Gasteiger charge is 2.32. The molecular formula is C27H25N5O3S. The van der Waals surface area contributed by atoms with Gasteiger partial charge in [-0.15, -0.1) is 0 Å². The minimum Gasteiger partial charge on any atom is -0.497 e. The van der Waals surface area contributed by atoms with E-state index < -0.39 is 6.04 Å². The zero-order chi connectivity index (χ0) is 25.4. The zero-order valence-electron chi connectivity index (χ0n) is 20.4. The molecule has 1 atom stereocenters. The first-order valence-corrected chi connectivity index (χ1v) is 12.2. The molecule has 5 rings (SSSR count). The summed E-state index contributed by atoms with van der Waals surface area (Å²) in [6, 6.07) is 16.0. The van der Waals surface area contributed by atoms with Crippen LogP contribution in [-0.2, 0) is 11.8 Å². The number of nitrogens with one attached hydrogen (secondary N) is 1. The normalized spacial score (nSPS) is 15.4. The van der Waals surface area contributed by atoms with Gasteiger partial charge in [-0.05, 0) is 49.8 Å². The number of hydrogen-bond donors (Lipinski definition) is 1. The highest BCUT2D eigenvalue weighted by molar-refractivity contribution is 7.07. The van der Waals surface area contributed by atoms with Gasteiger partial charge in [0.25, 0.3) is 11.5 Å². The number of rotatable bonds is 5. The van der Waals surface area contributed by atoms with E-state index in [9.17, 15) is 9.59 Å². The standard InChI is InChI=1S/C27H25N5O3S/c1-16-19(15-31(3)30-16)14-22-26(34)32-24(18-10-12-21(35-4)13-11-18)23(17(2)28-27(32)36-22)25(33)29-20-8-6-5-7-9-20/h5-15,24H,1-4H3,(H,29,33)/t24-/m1/s1. The molecule has 1 amide bonds. The number of amides is 1. The van der Waals surface area contributed by atoms with E-state index in [-0.39, 0.29) is 11.5 Å². The smallest absolute Gasteiger partial charge is 0.271 e. The summed E-state index contributed by atoms with van der Waals surface area (Å²) in [4.78, 5) is 32.5. The van der Waals surface area contributed by atoms with Crippen LogP contribution in [0, 0.1) is 6.92 Å². The van der Waals surface area contributed by atoms with Gasteiger partial charge in [-0.3, -0.25) is 18.8 Å². The second-order valence-electron chi connectivity index (χ2n) is 8.52. The number of carbonyl (C=O) groups is 1. The first-order valence-electron chi connectivity index (χ1n) is 11.4. The number of aryl methyl sites for hydroxylation is 2. The Bertz CT molecular complexity index is 1660. The van der Waals surface area contributed by atoms with Crippen LogP contribution < -0.4 is 24.9 Å². The minimum atomic E-state index is -0.645. The summed E-state index contributed by atoms with van der Waals surface area (Å²) in [5.74, 6) is 0.384. The summed E-state index contributed by atoms with van der Waals surface area (Å²) in [7, 11) is 3.44. The number of para-hydroxylation sites is 1. The van der Waals surface area contributed by atoms with Crippen molar-refractivity contribution in [2.45, 2.75) is 19.9 Å². The molecule has 9 heteroatoms. The van der Waals surface area contributed by atoms with Crippen molar-refractivity contribution in [2.75, 3.05) is 12.4 Å². The number of anilines is 1. The lowest BCUT2D eigenvalue weighted by atomic mass is 9.95. The molecule has 182 valence electrons. The van der Waals surface area contributed by atoms with Crippen LogP contribution in [0.4, 0.5) is 5.69 Å². The molecule has 36 heavy (non-hydrogen) atoms. The van der Waals surface area contributed by atoms with Crippen LogP contribution in [0.2, 0.25) is 0 Å². The molecule has 4 aromatic rings. The number of aromatic nitrogens is 3. The van der Waals surface area contributed by atoms with Gasteiger partial charge in [0, 0.05) is 24.5 Å². The molecule has 3 heterocycles. The minimum absolute atomic E-state index is 0.208. The summed E-state index contributed by atoms with van der Waals surface area (Å²) in [6.07, 6.45) is 3.71. The Hall–Kier alpha value is -4.24. The van der Waals surface area contributed by atoms with Crippen LogP contribution in [0.5, 0.6) is 5.75 Å². The second kappa shape index (κ2) is 9.43. The molecule has 8 nitrogen and oxygen atoms in total. The van der Waals surface area contributed by atoms with Gasteiger partial charge in [-0.2, -0.15) is 5.10 Å². The van der Waals surface area contributed by atoms with Crippen molar-refractivity contribution in [2.24, 2.45) is 12.0 Å². The first kappa shape index (κ1) is 23.5. The SMILES string of the molecule is COc1ccc([C@@H]2C(C(=O)Nc3ccccc3)=C(C)N=c3sc(=Cc4cn(C)nc4C)c(=O)n32)cc1. The number of methoxy groups -OCH3 is 1. The molecule has 0 unspecified atom stereocenters. The first-order chi connectivity index (χ1) is 17.4. The summed E-state index contributed by atoms with van der Waals surface area (Å²) < 4.78 is 9.17. The molecule has 1 N–H and O–H groups in total. The predicted octanol–water partition coefficient (Wildman–Crippen LogP) is 2.92. The van der Waals surface area contributed by atoms with Crippen molar-refractivity contribution in [3.05, 3.63) is 109 Å². The highest BCUT2D eigenvalue weighted by atomic mass is 32.1. The quantitative estimate of drug-likeness (QED) is 0.457. The van der Waals surface area contributed by atoms with Crippen LogP contribution in [-0.4, -0.2) is 27.4 Å². The third-order valence-electron chi connectivity index (χ3n) is 6.07. The zero-order valence-corrected chi connectivity index (χ0v) is 21.2. The van der Waals surface area contributed by atoms with Crippen molar-refractivity contribution < 1.29 is 9.53 Å². The summed E-state index contributed by atoms with van der Waals surface area (Å²) in [5.41, 5.74) is 3.92. The topological polar surface area (TPSA) is 90.5 Å². The maximum atomic E-state index is 13.8. The van der Waals surface area contributed by atoms with Gasteiger partial charge < -0.3 is 10.1 Å². The molecule has 0 radical (unpaired) electrons. The van der Waals surface area contributed by atoms with Crippen molar-refractivity contribution in [3.8, 4) is 5.75 Å². The molecule has 0 fully saturated rings. The number of benzene rings is 2. The Labute approximate surface area is 211 Å². The third kappa shape index (κ3) is 4.29. The molecule has 2 aromatic carbocycles. The van der Waals surface area contributed by atoms with Crippen LogP contribution >= 0.6 is 11.3 Å². The van der Waals surface area contributed by atoms with E-state index in [0.717, 1.165) is 16.8 Å². The average molecular weight is 500 g/mol. The fourth-order valence-electron chi connectivity index (χ4n) is 4.33. The van der Waals surface area contributed by atoms with Gasteiger partial charge >= 0.3 is 0 Å². The highest BCUT2D eigenvalue weighted by Crippen LogP contribution is 2.31. The van der Waals surface area contributed by atoms with E-state index >= 15 is 0 Å². The Balaban J connectivity index is 1.68. The molecule has 1 aliphatic rings. The van der Waals surface area contributed by atoms with Crippen molar-refractivity contribution in [1.82, 2.24) is 14.3 Å². The van der Waals surface area contributed by atoms with E-state index in [4.69, 9.17) is 4.74 Å². The lowest BCUT2D eigenvalue weighted by Crippen LogP contribution is -2.40. The Morgan fingerprint density at radius 2 is 1.83 bits per heavy atom. The maximum Gasteiger partial charge on any atom is 0.271 e. The van der Waals surface area contributed by atoms with Crippen LogP contribution in [0.1, 0.15) is 29.8 Å². The number of ether oxygens (including phenoxy) is 1. The summed E-state index contributed by atoms with van der Waals surface area (Å²) in [5, 5.41) is 7.33. The molecule has 0 spiro atoms. The van der Waals surface area contributed by atoms with E-state index in [0.29, 0.717) is 32.0 Å². The molecule has 0 bridgehead atoms. The van der Waals surface area contributed by atoms with Crippen molar-refractivity contribution in [3.63, 3.8) is 0 Å². The summed E-state index contributed by atoms with van der Waals surface area (Å²) in [6.45, 7) is 3.71. The van der Waals surface area contributed by atoms with Gasteiger partial charge in [-0.25, -0.2) is 4.99 Å². The Kier molecular flexibility index (Phi) is 6.15. The number of nitrogens with zero attached hydrogens (tertiary/aromatic N) is 4. The fraction of sp³-hybridized carbons (Fsp3) is 0.185. The fourth-order valence-corrected chi connectivity index (χ4v) is 5.37. The monoisotopic (exact) mass is 499 g/mol.